The van der Waals surface area contributed by atoms with E-state index in [1.807, 2.05) is 0 Å². The van der Waals surface area contributed by atoms with E-state index in [4.69, 9.17) is 0 Å². The Morgan fingerprint density at radius 2 is 1.82 bits per heavy atom. The number of rotatable bonds is 10. The van der Waals surface area contributed by atoms with Crippen LogP contribution < -0.4 is 9.62 Å². The van der Waals surface area contributed by atoms with Crippen molar-refractivity contribution in [1.82, 2.24) is 5.32 Å². The van der Waals surface area contributed by atoms with Gasteiger partial charge in [0.05, 0.1) is 11.4 Å². The van der Waals surface area contributed by atoms with Gasteiger partial charge in [-0.25, -0.2) is 8.42 Å². The van der Waals surface area contributed by atoms with Gasteiger partial charge in [0.15, 0.2) is 0 Å². The second kappa shape index (κ2) is 10.5. The molecule has 0 unspecified atom stereocenters. The summed E-state index contributed by atoms with van der Waals surface area (Å²) < 4.78 is 25.6. The summed E-state index contributed by atoms with van der Waals surface area (Å²) in [7, 11) is -3.31. The molecule has 0 aromatic heterocycles. The number of nitrogens with one attached hydrogen (secondary N) is 1. The van der Waals surface area contributed by atoms with Gasteiger partial charge in [0.2, 0.25) is 10.0 Å². The highest BCUT2D eigenvalue weighted by Gasteiger charge is 2.18. The number of nitrogens with zero attached hydrogens (tertiary/aromatic N) is 1. The van der Waals surface area contributed by atoms with Crippen molar-refractivity contribution in [2.45, 2.75) is 26.5 Å². The van der Waals surface area contributed by atoms with Crippen molar-refractivity contribution in [3.8, 4) is 0 Å². The average molecular weight is 421 g/mol. The molecule has 0 spiro atoms. The molecule has 5 nitrogen and oxygen atoms in total. The number of anilines is 1. The van der Waals surface area contributed by atoms with Crippen LogP contribution in [-0.2, 0) is 15.8 Å². The molecule has 0 bridgehead atoms. The Morgan fingerprint density at radius 3 is 2.43 bits per heavy atom. The number of carbonyl (C=O) groups is 1. The second-order valence-electron chi connectivity index (χ2n) is 6.41. The molecule has 0 atom stereocenters. The first kappa shape index (κ1) is 22.3. The van der Waals surface area contributed by atoms with E-state index in [0.717, 1.165) is 11.5 Å². The minimum atomic E-state index is -3.31. The molecule has 2 rings (SSSR count). The summed E-state index contributed by atoms with van der Waals surface area (Å²) in [6.07, 6.45) is 0. The summed E-state index contributed by atoms with van der Waals surface area (Å²) in [5, 5.41) is 2.91. The fraction of sp³-hybridized carbons (Fsp3) is 0.381. The van der Waals surface area contributed by atoms with Crippen LogP contribution in [0.15, 0.2) is 48.5 Å². The van der Waals surface area contributed by atoms with Gasteiger partial charge in [0.25, 0.3) is 5.91 Å². The van der Waals surface area contributed by atoms with Crippen molar-refractivity contribution in [1.29, 1.82) is 0 Å². The minimum Gasteiger partial charge on any atom is -0.351 e. The van der Waals surface area contributed by atoms with E-state index in [1.165, 1.54) is 15.4 Å². The molecule has 0 saturated carbocycles. The van der Waals surface area contributed by atoms with Gasteiger partial charge in [-0.3, -0.25) is 9.10 Å². The number of aryl methyl sites for hydroxylation is 1. The third kappa shape index (κ3) is 6.27. The molecule has 0 fully saturated rings. The lowest BCUT2D eigenvalue weighted by molar-refractivity contribution is 0.0956. The quantitative estimate of drug-likeness (QED) is 0.593. The van der Waals surface area contributed by atoms with E-state index in [1.54, 1.807) is 49.9 Å². The fourth-order valence-electron chi connectivity index (χ4n) is 2.81. The number of amides is 1. The highest BCUT2D eigenvalue weighted by Crippen LogP contribution is 2.19. The van der Waals surface area contributed by atoms with Crippen molar-refractivity contribution in [2.24, 2.45) is 0 Å². The van der Waals surface area contributed by atoms with Crippen molar-refractivity contribution < 1.29 is 13.2 Å². The molecule has 0 radical (unpaired) electrons. The summed E-state index contributed by atoms with van der Waals surface area (Å²) in [5.74, 6) is 1.65. The standard InChI is InChI=1S/C21H28N2O3S2/c1-4-23(28(25,26)5-2)20-11-9-19(10-12-20)21(24)22-13-14-27-16-18-8-6-7-17(3)15-18/h6-12,15H,4-5,13-14,16H2,1-3H3,(H,22,24). The van der Waals surface area contributed by atoms with Crippen molar-refractivity contribution in [2.75, 3.05) is 28.9 Å². The van der Waals surface area contributed by atoms with E-state index in [0.29, 0.717) is 24.3 Å². The Balaban J connectivity index is 1.82. The zero-order chi connectivity index (χ0) is 20.6. The molecule has 2 aromatic rings. The SMILES string of the molecule is CCN(c1ccc(C(=O)NCCSCc2cccc(C)c2)cc1)S(=O)(=O)CC. The summed E-state index contributed by atoms with van der Waals surface area (Å²) in [6.45, 7) is 6.44. The molecule has 1 amide bonds. The number of thioether (sulfide) groups is 1. The molecule has 0 saturated heterocycles. The first-order valence-electron chi connectivity index (χ1n) is 9.39. The highest BCUT2D eigenvalue weighted by molar-refractivity contribution is 7.98. The summed E-state index contributed by atoms with van der Waals surface area (Å²) in [6, 6.07) is 15.1. The molecule has 0 aliphatic rings. The Morgan fingerprint density at radius 1 is 1.11 bits per heavy atom. The van der Waals surface area contributed by atoms with Crippen molar-refractivity contribution in [3.05, 3.63) is 65.2 Å². The van der Waals surface area contributed by atoms with Gasteiger partial charge in [0, 0.05) is 30.2 Å². The van der Waals surface area contributed by atoms with Crippen LogP contribution in [0.1, 0.15) is 35.3 Å². The summed E-state index contributed by atoms with van der Waals surface area (Å²) in [4.78, 5) is 12.3. The van der Waals surface area contributed by atoms with Gasteiger partial charge in [-0.2, -0.15) is 11.8 Å². The molecule has 28 heavy (non-hydrogen) atoms. The molecular weight excluding hydrogens is 392 g/mol. The van der Waals surface area contributed by atoms with Crippen LogP contribution in [0.5, 0.6) is 0 Å². The predicted octanol–water partition coefficient (Wildman–Crippen LogP) is 3.83. The largest absolute Gasteiger partial charge is 0.351 e. The average Bonchev–Trinajstić information content (AvgIpc) is 2.68. The maximum absolute atomic E-state index is 12.3. The fourth-order valence-corrected chi connectivity index (χ4v) is 4.76. The van der Waals surface area contributed by atoms with Gasteiger partial charge in [0.1, 0.15) is 0 Å². The molecular formula is C21H28N2O3S2. The zero-order valence-electron chi connectivity index (χ0n) is 16.6. The van der Waals surface area contributed by atoms with Gasteiger partial charge >= 0.3 is 0 Å². The number of benzene rings is 2. The molecule has 0 heterocycles. The predicted molar refractivity (Wildman–Crippen MR) is 119 cm³/mol. The molecule has 1 N–H and O–H groups in total. The van der Waals surface area contributed by atoms with Gasteiger partial charge < -0.3 is 5.32 Å². The van der Waals surface area contributed by atoms with E-state index >= 15 is 0 Å². The van der Waals surface area contributed by atoms with Crippen molar-refractivity contribution in [3.63, 3.8) is 0 Å². The van der Waals surface area contributed by atoms with E-state index in [-0.39, 0.29) is 11.7 Å². The second-order valence-corrected chi connectivity index (χ2v) is 9.70. The minimum absolute atomic E-state index is 0.0449. The third-order valence-electron chi connectivity index (χ3n) is 4.29. The monoisotopic (exact) mass is 420 g/mol. The number of hydrogen-bond acceptors (Lipinski definition) is 4. The number of hydrogen-bond donors (Lipinski definition) is 1. The normalized spacial score (nSPS) is 11.2. The Hall–Kier alpha value is -1.99. The van der Waals surface area contributed by atoms with Gasteiger partial charge in [-0.1, -0.05) is 29.8 Å². The Labute approximate surface area is 172 Å². The van der Waals surface area contributed by atoms with Crippen LogP contribution >= 0.6 is 11.8 Å². The number of carbonyl (C=O) groups excluding carboxylic acids is 1. The molecule has 0 aliphatic carbocycles. The smallest absolute Gasteiger partial charge is 0.251 e. The molecule has 0 aliphatic heterocycles. The molecule has 152 valence electrons. The molecule has 7 heteroatoms. The van der Waals surface area contributed by atoms with Gasteiger partial charge in [-0.15, -0.1) is 0 Å². The lowest BCUT2D eigenvalue weighted by Crippen LogP contribution is -2.32. The topological polar surface area (TPSA) is 66.5 Å². The van der Waals surface area contributed by atoms with Crippen molar-refractivity contribution >= 4 is 33.4 Å². The summed E-state index contributed by atoms with van der Waals surface area (Å²) >= 11 is 1.78. The lowest BCUT2D eigenvalue weighted by atomic mass is 10.2. The van der Waals surface area contributed by atoms with E-state index in [9.17, 15) is 13.2 Å². The Kier molecular flexibility index (Phi) is 8.38. The molecule has 2 aromatic carbocycles. The highest BCUT2D eigenvalue weighted by atomic mass is 32.2. The summed E-state index contributed by atoms with van der Waals surface area (Å²) in [5.41, 5.74) is 3.64. The lowest BCUT2D eigenvalue weighted by Gasteiger charge is -2.22. The van der Waals surface area contributed by atoms with E-state index < -0.39 is 10.0 Å². The van der Waals surface area contributed by atoms with Crippen LogP contribution in [0, 0.1) is 6.92 Å². The van der Waals surface area contributed by atoms with Gasteiger partial charge in [-0.05, 0) is 50.6 Å². The maximum Gasteiger partial charge on any atom is 0.251 e. The third-order valence-corrected chi connectivity index (χ3v) is 7.19. The Bertz CT molecular complexity index is 881. The van der Waals surface area contributed by atoms with Crippen LogP contribution in [0.4, 0.5) is 5.69 Å². The van der Waals surface area contributed by atoms with Crippen LogP contribution in [0.3, 0.4) is 0 Å². The first-order chi connectivity index (χ1) is 13.4. The first-order valence-corrected chi connectivity index (χ1v) is 12.2. The van der Waals surface area contributed by atoms with Crippen LogP contribution in [0.2, 0.25) is 0 Å². The number of sulfonamides is 1. The van der Waals surface area contributed by atoms with Crippen LogP contribution in [0.25, 0.3) is 0 Å². The zero-order valence-corrected chi connectivity index (χ0v) is 18.3. The maximum atomic E-state index is 12.3. The van der Waals surface area contributed by atoms with E-state index in [2.05, 4.69) is 36.5 Å². The van der Waals surface area contributed by atoms with Crippen LogP contribution in [-0.4, -0.2) is 38.9 Å².